The minimum Gasteiger partial charge on any atom is -0.480 e. The molecule has 34 heavy (non-hydrogen) atoms. The molecule has 0 saturated carbocycles. The average Bonchev–Trinajstić information content (AvgIpc) is 2.74. The summed E-state index contributed by atoms with van der Waals surface area (Å²) < 4.78 is 58.7. The minimum atomic E-state index is -4.70. The Morgan fingerprint density at radius 1 is 1.18 bits per heavy atom. The summed E-state index contributed by atoms with van der Waals surface area (Å²) in [5.41, 5.74) is 0.999. The van der Waals surface area contributed by atoms with Gasteiger partial charge in [-0.05, 0) is 55.7 Å². The number of para-hydroxylation sites is 1. The smallest absolute Gasteiger partial charge is 0.393 e. The van der Waals surface area contributed by atoms with Crippen molar-refractivity contribution < 1.29 is 37.0 Å². The van der Waals surface area contributed by atoms with Crippen LogP contribution in [0.2, 0.25) is 0 Å². The van der Waals surface area contributed by atoms with Crippen LogP contribution in [-0.4, -0.2) is 42.4 Å². The number of anilines is 2. The highest BCUT2D eigenvalue weighted by atomic mass is 19.4. The maximum Gasteiger partial charge on any atom is 0.393 e. The van der Waals surface area contributed by atoms with Gasteiger partial charge in [-0.25, -0.2) is 9.18 Å². The molecule has 0 fully saturated rings. The predicted octanol–water partition coefficient (Wildman–Crippen LogP) is 5.40. The zero-order valence-corrected chi connectivity index (χ0v) is 18.6. The maximum atomic E-state index is 13.6. The van der Waals surface area contributed by atoms with Crippen molar-refractivity contribution in [1.82, 2.24) is 0 Å². The SMILES string of the molecule is Cc1cccc(C)c1O[C@@H](CC(F)(F)F)C(=O)Nc1ccc(N2CCC=C(F)C2)cc1C(=O)O. The number of benzene rings is 2. The molecule has 0 aliphatic carbocycles. The minimum absolute atomic E-state index is 0.0258. The molecule has 0 radical (unpaired) electrons. The number of carbonyl (C=O) groups excluding carboxylic acids is 1. The van der Waals surface area contributed by atoms with Crippen LogP contribution in [0.4, 0.5) is 28.9 Å². The third-order valence-corrected chi connectivity index (χ3v) is 5.34. The Kier molecular flexibility index (Phi) is 7.48. The molecular weight excluding hydrogens is 456 g/mol. The normalized spacial score (nSPS) is 14.9. The number of hydrogen-bond acceptors (Lipinski definition) is 4. The van der Waals surface area contributed by atoms with E-state index in [1.54, 1.807) is 36.9 Å². The summed E-state index contributed by atoms with van der Waals surface area (Å²) in [5.74, 6) is -2.73. The summed E-state index contributed by atoms with van der Waals surface area (Å²) in [5, 5.41) is 11.9. The largest absolute Gasteiger partial charge is 0.480 e. The monoisotopic (exact) mass is 480 g/mol. The third-order valence-electron chi connectivity index (χ3n) is 5.34. The van der Waals surface area contributed by atoms with Gasteiger partial charge in [0, 0.05) is 12.2 Å². The number of carboxylic acids is 1. The van der Waals surface area contributed by atoms with Gasteiger partial charge in [-0.3, -0.25) is 4.79 Å². The van der Waals surface area contributed by atoms with E-state index < -0.39 is 30.6 Å². The van der Waals surface area contributed by atoms with Crippen molar-refractivity contribution in [3.63, 3.8) is 0 Å². The van der Waals surface area contributed by atoms with E-state index in [9.17, 15) is 32.3 Å². The van der Waals surface area contributed by atoms with E-state index >= 15 is 0 Å². The first-order valence-electron chi connectivity index (χ1n) is 10.5. The molecule has 0 aromatic heterocycles. The average molecular weight is 480 g/mol. The summed E-state index contributed by atoms with van der Waals surface area (Å²) in [7, 11) is 0. The first-order chi connectivity index (χ1) is 15.9. The molecule has 0 spiro atoms. The number of ether oxygens (including phenoxy) is 1. The van der Waals surface area contributed by atoms with Crippen molar-refractivity contribution >= 4 is 23.3 Å². The number of aromatic carboxylic acids is 1. The molecule has 1 atom stereocenters. The summed E-state index contributed by atoms with van der Waals surface area (Å²) in [4.78, 5) is 26.3. The molecular formula is C24H24F4N2O4. The Labute approximate surface area is 193 Å². The second-order valence-electron chi connectivity index (χ2n) is 8.03. The van der Waals surface area contributed by atoms with Gasteiger partial charge in [0.05, 0.1) is 24.2 Å². The number of carboxylic acid groups (broad SMARTS) is 1. The van der Waals surface area contributed by atoms with Gasteiger partial charge < -0.3 is 20.1 Å². The topological polar surface area (TPSA) is 78.9 Å². The fourth-order valence-corrected chi connectivity index (χ4v) is 3.68. The molecule has 0 unspecified atom stereocenters. The van der Waals surface area contributed by atoms with Crippen LogP contribution < -0.4 is 15.0 Å². The molecule has 3 rings (SSSR count). The molecule has 2 N–H and O–H groups in total. The van der Waals surface area contributed by atoms with E-state index in [1.165, 1.54) is 24.3 Å². The molecule has 0 bridgehead atoms. The molecule has 1 heterocycles. The fourth-order valence-electron chi connectivity index (χ4n) is 3.68. The number of aryl methyl sites for hydroxylation is 2. The van der Waals surface area contributed by atoms with Crippen molar-refractivity contribution in [2.24, 2.45) is 0 Å². The van der Waals surface area contributed by atoms with Crippen LogP contribution in [0, 0.1) is 13.8 Å². The summed E-state index contributed by atoms with van der Waals surface area (Å²) in [6, 6.07) is 9.00. The van der Waals surface area contributed by atoms with Crippen LogP contribution in [0.1, 0.15) is 34.3 Å². The molecule has 1 aliphatic heterocycles. The quantitative estimate of drug-likeness (QED) is 0.519. The van der Waals surface area contributed by atoms with Crippen molar-refractivity contribution in [1.29, 1.82) is 0 Å². The van der Waals surface area contributed by atoms with Gasteiger partial charge >= 0.3 is 12.1 Å². The fraction of sp³-hybridized carbons (Fsp3) is 0.333. The van der Waals surface area contributed by atoms with Crippen LogP contribution in [0.15, 0.2) is 48.3 Å². The van der Waals surface area contributed by atoms with Gasteiger partial charge in [-0.2, -0.15) is 13.2 Å². The highest BCUT2D eigenvalue weighted by Crippen LogP contribution is 2.30. The Bertz CT molecular complexity index is 1090. The number of rotatable bonds is 7. The lowest BCUT2D eigenvalue weighted by atomic mass is 10.1. The van der Waals surface area contributed by atoms with Crippen LogP contribution >= 0.6 is 0 Å². The Hall–Kier alpha value is -3.56. The van der Waals surface area contributed by atoms with Crippen molar-refractivity contribution in [3.05, 3.63) is 65.0 Å². The van der Waals surface area contributed by atoms with Crippen molar-refractivity contribution in [3.8, 4) is 5.75 Å². The predicted molar refractivity (Wildman–Crippen MR) is 119 cm³/mol. The molecule has 2 aromatic carbocycles. The van der Waals surface area contributed by atoms with E-state index in [2.05, 4.69) is 5.32 Å². The lowest BCUT2D eigenvalue weighted by Crippen LogP contribution is -2.37. The number of hydrogen-bond donors (Lipinski definition) is 2. The maximum absolute atomic E-state index is 13.6. The highest BCUT2D eigenvalue weighted by Gasteiger charge is 2.37. The number of halogens is 4. The van der Waals surface area contributed by atoms with Crippen LogP contribution in [0.25, 0.3) is 0 Å². The molecule has 0 saturated heterocycles. The van der Waals surface area contributed by atoms with E-state index in [4.69, 9.17) is 4.74 Å². The van der Waals surface area contributed by atoms with Crippen molar-refractivity contribution in [2.45, 2.75) is 39.0 Å². The van der Waals surface area contributed by atoms with E-state index in [1.807, 2.05) is 0 Å². The van der Waals surface area contributed by atoms with Gasteiger partial charge in [-0.15, -0.1) is 0 Å². The third kappa shape index (κ3) is 6.27. The summed E-state index contributed by atoms with van der Waals surface area (Å²) >= 11 is 0. The van der Waals surface area contributed by atoms with E-state index in [0.717, 1.165) is 0 Å². The van der Waals surface area contributed by atoms with Gasteiger partial charge in [0.15, 0.2) is 6.10 Å². The summed E-state index contributed by atoms with van der Waals surface area (Å²) in [6.45, 7) is 3.73. The van der Waals surface area contributed by atoms with Crippen molar-refractivity contribution in [2.75, 3.05) is 23.3 Å². The molecule has 6 nitrogen and oxygen atoms in total. The number of carbonyl (C=O) groups is 2. The van der Waals surface area contributed by atoms with Gasteiger partial charge in [0.2, 0.25) is 0 Å². The number of nitrogens with zero attached hydrogens (tertiary/aromatic N) is 1. The Morgan fingerprint density at radius 3 is 2.44 bits per heavy atom. The zero-order chi connectivity index (χ0) is 25.0. The van der Waals surface area contributed by atoms with Gasteiger partial charge in [-0.1, -0.05) is 18.2 Å². The highest BCUT2D eigenvalue weighted by molar-refractivity contribution is 6.02. The molecule has 1 amide bonds. The zero-order valence-electron chi connectivity index (χ0n) is 18.6. The molecule has 182 valence electrons. The van der Waals surface area contributed by atoms with Crippen LogP contribution in [-0.2, 0) is 4.79 Å². The lowest BCUT2D eigenvalue weighted by molar-refractivity contribution is -0.158. The second kappa shape index (κ2) is 10.1. The standard InChI is InChI=1S/C24H24F4N2O4/c1-14-5-3-6-15(2)21(14)34-20(12-24(26,27)28)22(31)29-19-9-8-17(11-18(19)23(32)33)30-10-4-7-16(25)13-30/h3,5-9,11,20H,4,10,12-13H2,1-2H3,(H,29,31)(H,32,33)/t20-/m0/s1. The first kappa shape index (κ1) is 25.1. The van der Waals surface area contributed by atoms with Crippen LogP contribution in [0.5, 0.6) is 5.75 Å². The van der Waals surface area contributed by atoms with Gasteiger partial charge in [0.1, 0.15) is 11.6 Å². The van der Waals surface area contributed by atoms with E-state index in [-0.39, 0.29) is 29.4 Å². The Morgan fingerprint density at radius 2 is 1.85 bits per heavy atom. The lowest BCUT2D eigenvalue weighted by Gasteiger charge is -2.27. The van der Waals surface area contributed by atoms with E-state index in [0.29, 0.717) is 29.8 Å². The number of alkyl halides is 3. The van der Waals surface area contributed by atoms with Gasteiger partial charge in [0.25, 0.3) is 5.91 Å². The molecule has 1 aliphatic rings. The summed E-state index contributed by atoms with van der Waals surface area (Å²) in [6.07, 6.45) is -6.32. The number of amides is 1. The second-order valence-corrected chi connectivity index (χ2v) is 8.03. The first-order valence-corrected chi connectivity index (χ1v) is 10.5. The molecule has 10 heteroatoms. The Balaban J connectivity index is 1.87. The molecule has 2 aromatic rings. The van der Waals surface area contributed by atoms with Crippen LogP contribution in [0.3, 0.4) is 0 Å². The number of nitrogens with one attached hydrogen (secondary N) is 1.